The second kappa shape index (κ2) is 17.8. The van der Waals surface area contributed by atoms with Crippen LogP contribution in [0.3, 0.4) is 0 Å². The van der Waals surface area contributed by atoms with Crippen molar-refractivity contribution < 1.29 is 33.5 Å². The van der Waals surface area contributed by atoms with Gasteiger partial charge in [0.15, 0.2) is 5.78 Å². The van der Waals surface area contributed by atoms with Gasteiger partial charge in [-0.15, -0.1) is 0 Å². The molecule has 3 fully saturated rings. The van der Waals surface area contributed by atoms with Gasteiger partial charge in [-0.05, 0) is 83.5 Å². The zero-order valence-corrected chi connectivity index (χ0v) is 29.0. The summed E-state index contributed by atoms with van der Waals surface area (Å²) in [5, 5.41) is 7.14. The molecule has 47 heavy (non-hydrogen) atoms. The quantitative estimate of drug-likeness (QED) is 0.102. The zero-order chi connectivity index (χ0) is 34.9. The van der Waals surface area contributed by atoms with Crippen LogP contribution >= 0.6 is 0 Å². The highest BCUT2D eigenvalue weighted by Crippen LogP contribution is 2.34. The van der Waals surface area contributed by atoms with E-state index in [9.17, 15) is 19.2 Å². The van der Waals surface area contributed by atoms with Crippen LogP contribution in [0.15, 0.2) is 0 Å². The molecule has 0 heterocycles. The number of carbonyl (C=O) groups excluding carboxylic acids is 4. The van der Waals surface area contributed by atoms with Crippen LogP contribution in [-0.4, -0.2) is 94.9 Å². The number of ether oxygens (including phenoxy) is 2. The lowest BCUT2D eigenvalue weighted by atomic mass is 9.79. The summed E-state index contributed by atoms with van der Waals surface area (Å²) in [7, 11) is 3.23. The summed E-state index contributed by atoms with van der Waals surface area (Å²) in [5.41, 5.74) is -0.895. The standard InChI is InChI=1S/C32H60N8O7/c1-20-8-6-7-9-24(20)40(35)31(44)38(33)23-13-11-22(12-14-23)37-32(2,3)28(41)16-17-29(42)39(34)25(19-30(43)47-36)21-10-15-26(45-4)27(18-21)46-5/h20-27,37H,6-19,33-36H2,1-5H3/t20?,21?,22?,23?,24?,25-,26?,27?/m0/s1. The molecule has 0 bridgehead atoms. The van der Waals surface area contributed by atoms with Gasteiger partial charge >= 0.3 is 12.0 Å². The number of rotatable bonds is 14. The third-order valence-electron chi connectivity index (χ3n) is 10.9. The fraction of sp³-hybridized carbons (Fsp3) is 0.875. The minimum Gasteiger partial charge on any atom is -0.379 e. The number of hydrazine groups is 3. The Kier molecular flexibility index (Phi) is 14.8. The van der Waals surface area contributed by atoms with Gasteiger partial charge in [0.25, 0.3) is 0 Å². The first-order chi connectivity index (χ1) is 22.2. The number of hydrogen-bond donors (Lipinski definition) is 5. The molecule has 0 saturated heterocycles. The number of nitrogens with two attached hydrogens (primary N) is 4. The summed E-state index contributed by atoms with van der Waals surface area (Å²) >= 11 is 0. The normalized spacial score (nSPS) is 29.0. The lowest BCUT2D eigenvalue weighted by molar-refractivity contribution is -0.150. The van der Waals surface area contributed by atoms with Crippen LogP contribution in [-0.2, 0) is 28.7 Å². The number of hydrogen-bond acceptors (Lipinski definition) is 12. The van der Waals surface area contributed by atoms with Crippen molar-refractivity contribution >= 4 is 23.7 Å². The average Bonchev–Trinajstić information content (AvgIpc) is 3.07. The SMILES string of the molecule is COC1CCC([C@H](CC(=O)ON)N(N)C(=O)CCC(=O)C(C)(C)NC2CCC(N(N)C(=O)N(N)C3CCCCC3C)CC2)CC1OC. The van der Waals surface area contributed by atoms with Crippen LogP contribution in [0.25, 0.3) is 0 Å². The molecule has 15 nitrogen and oxygen atoms in total. The van der Waals surface area contributed by atoms with Crippen molar-refractivity contribution in [3.63, 3.8) is 0 Å². The molecule has 0 spiro atoms. The summed E-state index contributed by atoms with van der Waals surface area (Å²) in [4.78, 5) is 56.2. The van der Waals surface area contributed by atoms with Crippen LogP contribution in [0.5, 0.6) is 0 Å². The minimum absolute atomic E-state index is 0.00221. The van der Waals surface area contributed by atoms with E-state index in [1.54, 1.807) is 14.2 Å². The molecule has 9 N–H and O–H groups in total. The van der Waals surface area contributed by atoms with Gasteiger partial charge in [0.05, 0.1) is 42.3 Å². The Morgan fingerprint density at radius 3 is 2.09 bits per heavy atom. The summed E-state index contributed by atoms with van der Waals surface area (Å²) < 4.78 is 11.1. The molecule has 0 radical (unpaired) electrons. The topological polar surface area (TPSA) is 222 Å². The summed E-state index contributed by atoms with van der Waals surface area (Å²) in [6.45, 7) is 5.74. The Morgan fingerprint density at radius 1 is 0.851 bits per heavy atom. The Hall–Kier alpha value is -2.40. The summed E-state index contributed by atoms with van der Waals surface area (Å²) in [5.74, 6) is 22.9. The van der Waals surface area contributed by atoms with Crippen LogP contribution in [0.4, 0.5) is 4.79 Å². The molecule has 3 rings (SSSR count). The maximum atomic E-state index is 13.3. The predicted molar refractivity (Wildman–Crippen MR) is 175 cm³/mol. The predicted octanol–water partition coefficient (Wildman–Crippen LogP) is 1.77. The number of urea groups is 1. The lowest BCUT2D eigenvalue weighted by Gasteiger charge is -2.41. The van der Waals surface area contributed by atoms with E-state index in [2.05, 4.69) is 17.1 Å². The number of nitrogens with zero attached hydrogens (tertiary/aromatic N) is 3. The number of nitrogens with one attached hydrogen (secondary N) is 1. The minimum atomic E-state index is -0.895. The smallest absolute Gasteiger partial charge is 0.348 e. The molecule has 15 heteroatoms. The Balaban J connectivity index is 1.50. The molecular formula is C32H60N8O7. The van der Waals surface area contributed by atoms with Gasteiger partial charge in [0, 0.05) is 33.1 Å². The number of Topliss-reactive ketones (excluding diaryl/α,β-unsaturated/α-hetero) is 1. The van der Waals surface area contributed by atoms with E-state index in [0.717, 1.165) is 43.5 Å². The molecule has 0 aliphatic heterocycles. The van der Waals surface area contributed by atoms with E-state index in [1.807, 2.05) is 13.8 Å². The lowest BCUT2D eigenvalue weighted by Crippen LogP contribution is -2.60. The first-order valence-electron chi connectivity index (χ1n) is 17.2. The van der Waals surface area contributed by atoms with Crippen molar-refractivity contribution in [1.29, 1.82) is 0 Å². The zero-order valence-electron chi connectivity index (χ0n) is 29.0. The second-order valence-corrected chi connectivity index (χ2v) is 14.3. The third kappa shape index (κ3) is 10.3. The van der Waals surface area contributed by atoms with Crippen molar-refractivity contribution in [2.75, 3.05) is 14.2 Å². The molecule has 3 aliphatic rings. The van der Waals surface area contributed by atoms with Gasteiger partial charge in [-0.1, -0.05) is 19.8 Å². The Labute approximate surface area is 279 Å². The fourth-order valence-electron chi connectivity index (χ4n) is 7.79. The largest absolute Gasteiger partial charge is 0.379 e. The number of ketones is 1. The van der Waals surface area contributed by atoms with Gasteiger partial charge in [0.2, 0.25) is 5.91 Å². The first-order valence-corrected chi connectivity index (χ1v) is 17.2. The summed E-state index contributed by atoms with van der Waals surface area (Å²) in [6, 6.07) is -1.11. The van der Waals surface area contributed by atoms with Gasteiger partial charge in [-0.3, -0.25) is 29.4 Å². The highest BCUT2D eigenvalue weighted by molar-refractivity contribution is 5.91. The molecule has 3 saturated carbocycles. The first kappa shape index (κ1) is 39.0. The number of methoxy groups -OCH3 is 2. The van der Waals surface area contributed by atoms with E-state index < -0.39 is 23.5 Å². The second-order valence-electron chi connectivity index (χ2n) is 14.3. The third-order valence-corrected chi connectivity index (χ3v) is 10.9. The van der Waals surface area contributed by atoms with Crippen LogP contribution in [0.1, 0.15) is 111 Å². The van der Waals surface area contributed by atoms with Crippen molar-refractivity contribution in [1.82, 2.24) is 20.3 Å². The maximum Gasteiger partial charge on any atom is 0.348 e. The average molecular weight is 669 g/mol. The maximum absolute atomic E-state index is 13.3. The molecule has 5 unspecified atom stereocenters. The number of carbonyl (C=O) groups is 4. The van der Waals surface area contributed by atoms with Crippen molar-refractivity contribution in [2.45, 2.75) is 153 Å². The van der Waals surface area contributed by atoms with E-state index in [-0.39, 0.29) is 67.3 Å². The van der Waals surface area contributed by atoms with E-state index in [1.165, 1.54) is 10.0 Å². The van der Waals surface area contributed by atoms with Crippen LogP contribution < -0.4 is 28.7 Å². The van der Waals surface area contributed by atoms with Gasteiger partial charge < -0.3 is 19.6 Å². The summed E-state index contributed by atoms with van der Waals surface area (Å²) in [6.07, 6.45) is 8.26. The molecule has 270 valence electrons. The Bertz CT molecular complexity index is 1060. The van der Waals surface area contributed by atoms with Gasteiger partial charge in [-0.25, -0.2) is 22.3 Å². The molecule has 0 aromatic carbocycles. The van der Waals surface area contributed by atoms with Crippen molar-refractivity contribution in [2.24, 2.45) is 35.3 Å². The highest BCUT2D eigenvalue weighted by atomic mass is 16.7. The van der Waals surface area contributed by atoms with Crippen molar-refractivity contribution in [3.05, 3.63) is 0 Å². The monoisotopic (exact) mass is 668 g/mol. The van der Waals surface area contributed by atoms with E-state index in [4.69, 9.17) is 32.9 Å². The molecule has 3 aliphatic carbocycles. The van der Waals surface area contributed by atoms with Crippen LogP contribution in [0.2, 0.25) is 0 Å². The molecule has 0 aromatic rings. The fourth-order valence-corrected chi connectivity index (χ4v) is 7.79. The van der Waals surface area contributed by atoms with Crippen molar-refractivity contribution in [3.8, 4) is 0 Å². The van der Waals surface area contributed by atoms with E-state index in [0.29, 0.717) is 38.0 Å². The molecule has 6 atom stereocenters. The molecule has 0 aromatic heterocycles. The molecule has 3 amide bonds. The number of amides is 3. The van der Waals surface area contributed by atoms with Gasteiger partial charge in [0.1, 0.15) is 0 Å². The van der Waals surface area contributed by atoms with Gasteiger partial charge in [-0.2, -0.15) is 5.90 Å². The highest BCUT2D eigenvalue weighted by Gasteiger charge is 2.40. The Morgan fingerprint density at radius 2 is 1.49 bits per heavy atom. The molecular weight excluding hydrogens is 608 g/mol. The van der Waals surface area contributed by atoms with E-state index >= 15 is 0 Å². The van der Waals surface area contributed by atoms with Crippen LogP contribution in [0, 0.1) is 11.8 Å².